The van der Waals surface area contributed by atoms with E-state index in [4.69, 9.17) is 11.6 Å². The van der Waals surface area contributed by atoms with E-state index in [0.717, 1.165) is 20.6 Å². The molecule has 0 atom stereocenters. The quantitative estimate of drug-likeness (QED) is 0.758. The number of thiophene rings is 1. The second kappa shape index (κ2) is 7.04. The van der Waals surface area contributed by atoms with E-state index in [0.29, 0.717) is 12.4 Å². The Hall–Kier alpha value is -0.400. The number of hydrogen-bond acceptors (Lipinski definition) is 3. The highest BCUT2D eigenvalue weighted by molar-refractivity contribution is 9.11. The predicted octanol–water partition coefficient (Wildman–Crippen LogP) is 3.77. The van der Waals surface area contributed by atoms with E-state index in [2.05, 4.69) is 20.7 Å². The zero-order valence-electron chi connectivity index (χ0n) is 10.5. The van der Waals surface area contributed by atoms with Gasteiger partial charge >= 0.3 is 0 Å². The summed E-state index contributed by atoms with van der Waals surface area (Å²) in [6, 6.07) is 10.6. The van der Waals surface area contributed by atoms with Crippen molar-refractivity contribution in [3.05, 3.63) is 50.6 Å². The topological polar surface area (TPSA) is 46.2 Å². The summed E-state index contributed by atoms with van der Waals surface area (Å²) in [7, 11) is -3.47. The van der Waals surface area contributed by atoms with E-state index < -0.39 is 10.0 Å². The first-order valence-corrected chi connectivity index (χ1v) is 9.53. The van der Waals surface area contributed by atoms with Crippen LogP contribution in [0.3, 0.4) is 0 Å². The van der Waals surface area contributed by atoms with Gasteiger partial charge in [-0.1, -0.05) is 12.1 Å². The van der Waals surface area contributed by atoms with Gasteiger partial charge in [-0.2, -0.15) is 0 Å². The Morgan fingerprint density at radius 1 is 1.15 bits per heavy atom. The minimum Gasteiger partial charge on any atom is -0.207 e. The van der Waals surface area contributed by atoms with Crippen LogP contribution < -0.4 is 4.72 Å². The monoisotopic (exact) mass is 393 g/mol. The van der Waals surface area contributed by atoms with Crippen molar-refractivity contribution in [1.82, 2.24) is 4.72 Å². The Bertz CT molecular complexity index is 668. The summed E-state index contributed by atoms with van der Waals surface area (Å²) >= 11 is 10.5. The lowest BCUT2D eigenvalue weighted by Crippen LogP contribution is -2.22. The van der Waals surface area contributed by atoms with Gasteiger partial charge in [0.15, 0.2) is 0 Å². The summed E-state index contributed by atoms with van der Waals surface area (Å²) in [5, 5.41) is 0. The van der Waals surface area contributed by atoms with Crippen LogP contribution in [-0.2, 0) is 23.0 Å². The van der Waals surface area contributed by atoms with Gasteiger partial charge < -0.3 is 0 Å². The number of alkyl halides is 1. The molecule has 0 aliphatic heterocycles. The molecule has 0 amide bonds. The molecular weight excluding hydrogens is 382 g/mol. The summed E-state index contributed by atoms with van der Waals surface area (Å²) < 4.78 is 27.8. The maximum absolute atomic E-state index is 12.1. The fraction of sp³-hybridized carbons (Fsp3) is 0.231. The van der Waals surface area contributed by atoms with Gasteiger partial charge in [-0.15, -0.1) is 22.9 Å². The first-order valence-electron chi connectivity index (χ1n) is 5.90. The molecule has 0 saturated heterocycles. The fourth-order valence-electron chi connectivity index (χ4n) is 1.64. The number of rotatable bonds is 6. The summed E-state index contributed by atoms with van der Waals surface area (Å²) in [5.41, 5.74) is 1.03. The Morgan fingerprint density at radius 2 is 1.85 bits per heavy atom. The van der Waals surface area contributed by atoms with Gasteiger partial charge in [0.1, 0.15) is 0 Å². The van der Waals surface area contributed by atoms with Crippen LogP contribution in [0, 0.1) is 0 Å². The van der Waals surface area contributed by atoms with E-state index in [-0.39, 0.29) is 4.90 Å². The predicted molar refractivity (Wildman–Crippen MR) is 86.9 cm³/mol. The van der Waals surface area contributed by atoms with Crippen molar-refractivity contribution < 1.29 is 8.42 Å². The third kappa shape index (κ3) is 4.30. The lowest BCUT2D eigenvalue weighted by Gasteiger charge is -2.06. The van der Waals surface area contributed by atoms with Crippen molar-refractivity contribution in [2.45, 2.75) is 17.9 Å². The number of sulfonamides is 1. The molecule has 108 valence electrons. The number of hydrogen-bond donors (Lipinski definition) is 1. The molecule has 1 aromatic carbocycles. The Kier molecular flexibility index (Phi) is 5.63. The van der Waals surface area contributed by atoms with E-state index in [1.807, 2.05) is 12.1 Å². The maximum atomic E-state index is 12.1. The number of aryl methyl sites for hydroxylation is 1. The molecule has 0 aliphatic rings. The Labute approximate surface area is 136 Å². The van der Waals surface area contributed by atoms with E-state index >= 15 is 0 Å². The average Bonchev–Trinajstić information content (AvgIpc) is 2.84. The maximum Gasteiger partial charge on any atom is 0.240 e. The largest absolute Gasteiger partial charge is 0.240 e. The Morgan fingerprint density at radius 3 is 2.40 bits per heavy atom. The fourth-order valence-corrected chi connectivity index (χ4v) is 4.38. The second-order valence-corrected chi connectivity index (χ2v) is 8.81. The van der Waals surface area contributed by atoms with E-state index in [1.165, 1.54) is 11.3 Å². The molecule has 1 aromatic heterocycles. The summed E-state index contributed by atoms with van der Waals surface area (Å²) in [5.74, 6) is 0.525. The van der Waals surface area contributed by atoms with Gasteiger partial charge in [-0.25, -0.2) is 13.1 Å². The van der Waals surface area contributed by atoms with Gasteiger partial charge in [0, 0.05) is 17.3 Å². The molecule has 2 rings (SSSR count). The molecule has 0 saturated carbocycles. The third-order valence-electron chi connectivity index (χ3n) is 2.68. The molecule has 1 N–H and O–H groups in total. The van der Waals surface area contributed by atoms with Crippen LogP contribution in [0.25, 0.3) is 0 Å². The smallest absolute Gasteiger partial charge is 0.207 e. The normalized spacial score (nSPS) is 11.7. The lowest BCUT2D eigenvalue weighted by atomic mass is 10.2. The molecular formula is C13H13BrClNO2S2. The standard InChI is InChI=1S/C13H13BrClNO2S2/c14-13-6-3-11(19-13)9-16-20(17,18)12-4-1-10(2-5-12)7-8-15/h1-6,16H,7-9H2. The SMILES string of the molecule is O=S(=O)(NCc1ccc(Br)s1)c1ccc(CCCl)cc1. The zero-order valence-corrected chi connectivity index (χ0v) is 14.4. The molecule has 0 bridgehead atoms. The van der Waals surface area contributed by atoms with Crippen LogP contribution in [0.4, 0.5) is 0 Å². The van der Waals surface area contributed by atoms with Crippen molar-refractivity contribution >= 4 is 48.9 Å². The molecule has 2 aromatic rings. The number of benzene rings is 1. The van der Waals surface area contributed by atoms with Gasteiger partial charge in [0.2, 0.25) is 10.0 Å². The van der Waals surface area contributed by atoms with Gasteiger partial charge in [-0.05, 0) is 52.2 Å². The number of halogens is 2. The Balaban J connectivity index is 2.05. The van der Waals surface area contributed by atoms with Gasteiger partial charge in [-0.3, -0.25) is 0 Å². The van der Waals surface area contributed by atoms with E-state index in [9.17, 15) is 8.42 Å². The highest BCUT2D eigenvalue weighted by atomic mass is 79.9. The molecule has 0 radical (unpaired) electrons. The molecule has 7 heteroatoms. The van der Waals surface area contributed by atoms with Crippen LogP contribution in [0.5, 0.6) is 0 Å². The third-order valence-corrected chi connectivity index (χ3v) is 5.91. The molecule has 0 spiro atoms. The molecule has 1 heterocycles. The van der Waals surface area contributed by atoms with Crippen molar-refractivity contribution in [3.63, 3.8) is 0 Å². The average molecular weight is 395 g/mol. The van der Waals surface area contributed by atoms with Crippen molar-refractivity contribution in [2.24, 2.45) is 0 Å². The van der Waals surface area contributed by atoms with Crippen molar-refractivity contribution in [3.8, 4) is 0 Å². The first-order chi connectivity index (χ1) is 9.51. The highest BCUT2D eigenvalue weighted by Crippen LogP contribution is 2.22. The van der Waals surface area contributed by atoms with Crippen LogP contribution in [-0.4, -0.2) is 14.3 Å². The first kappa shape index (κ1) is 16.0. The van der Waals surface area contributed by atoms with Crippen LogP contribution in [0.2, 0.25) is 0 Å². The van der Waals surface area contributed by atoms with Gasteiger partial charge in [0.05, 0.1) is 8.68 Å². The molecule has 20 heavy (non-hydrogen) atoms. The summed E-state index contributed by atoms with van der Waals surface area (Å²) in [6.45, 7) is 0.294. The zero-order chi connectivity index (χ0) is 14.6. The van der Waals surface area contributed by atoms with Crippen LogP contribution in [0.1, 0.15) is 10.4 Å². The second-order valence-electron chi connectivity index (χ2n) is 4.11. The van der Waals surface area contributed by atoms with Crippen molar-refractivity contribution in [1.29, 1.82) is 0 Å². The lowest BCUT2D eigenvalue weighted by molar-refractivity contribution is 0.582. The highest BCUT2D eigenvalue weighted by Gasteiger charge is 2.13. The minimum atomic E-state index is -3.47. The molecule has 0 fully saturated rings. The van der Waals surface area contributed by atoms with E-state index in [1.54, 1.807) is 24.3 Å². The summed E-state index contributed by atoms with van der Waals surface area (Å²) in [4.78, 5) is 1.23. The number of nitrogens with one attached hydrogen (secondary N) is 1. The molecule has 3 nitrogen and oxygen atoms in total. The van der Waals surface area contributed by atoms with Crippen molar-refractivity contribution in [2.75, 3.05) is 5.88 Å². The van der Waals surface area contributed by atoms with Crippen LogP contribution in [0.15, 0.2) is 45.1 Å². The summed E-state index contributed by atoms with van der Waals surface area (Å²) in [6.07, 6.45) is 0.735. The minimum absolute atomic E-state index is 0.270. The van der Waals surface area contributed by atoms with Gasteiger partial charge in [0.25, 0.3) is 0 Å². The molecule has 0 unspecified atom stereocenters. The molecule has 0 aliphatic carbocycles. The van der Waals surface area contributed by atoms with Crippen LogP contribution >= 0.6 is 38.9 Å².